The number of nitrogens with zero attached hydrogens (tertiary/aromatic N) is 2. The van der Waals surface area contributed by atoms with Gasteiger partial charge in [0.1, 0.15) is 17.2 Å². The number of ether oxygens (including phenoxy) is 2. The number of carbonyl (C=O) groups excluding carboxylic acids is 2. The lowest BCUT2D eigenvalue weighted by Crippen LogP contribution is -2.40. The molecule has 0 unspecified atom stereocenters. The first-order valence-electron chi connectivity index (χ1n) is 13.8. The van der Waals surface area contributed by atoms with Crippen molar-refractivity contribution in [1.82, 2.24) is 15.2 Å². The lowest BCUT2D eigenvalue weighted by atomic mass is 9.88. The van der Waals surface area contributed by atoms with Gasteiger partial charge in [-0.25, -0.2) is 9.18 Å². The largest absolute Gasteiger partial charge is 0.573 e. The van der Waals surface area contributed by atoms with Gasteiger partial charge in [0.15, 0.2) is 0 Å². The van der Waals surface area contributed by atoms with Gasteiger partial charge in [-0.05, 0) is 81.0 Å². The molecule has 4 rings (SSSR count). The molecule has 2 aromatic carbocycles. The second-order valence-corrected chi connectivity index (χ2v) is 11.2. The Kier molecular flexibility index (Phi) is 9.42. The molecule has 7 nitrogen and oxygen atoms in total. The Morgan fingerprint density at radius 3 is 2.05 bits per heavy atom. The molecule has 43 heavy (non-hydrogen) atoms. The smallest absolute Gasteiger partial charge is 0.444 e. The molecule has 1 fully saturated rings. The predicted molar refractivity (Wildman–Crippen MR) is 153 cm³/mol. The van der Waals surface area contributed by atoms with Gasteiger partial charge in [-0.1, -0.05) is 42.0 Å². The van der Waals surface area contributed by atoms with E-state index in [1.807, 2.05) is 45.0 Å². The minimum atomic E-state index is -4.90. The first-order chi connectivity index (χ1) is 20.2. The SMILES string of the molecule is C[C@@H](NC(=O)c1cncc(OC(F)(F)F)c1)c1ccc(C(=C2CCN(C(=O)OC(C)(C)C)CC2)c2ccc(F)cc2)cc1. The monoisotopic (exact) mass is 599 g/mol. The molecule has 1 aliphatic heterocycles. The second kappa shape index (κ2) is 12.8. The van der Waals surface area contributed by atoms with E-state index in [4.69, 9.17) is 4.74 Å². The molecule has 0 saturated carbocycles. The Morgan fingerprint density at radius 2 is 1.49 bits per heavy atom. The van der Waals surface area contributed by atoms with Gasteiger partial charge in [0.2, 0.25) is 0 Å². The molecule has 1 aliphatic rings. The van der Waals surface area contributed by atoms with Gasteiger partial charge in [0.25, 0.3) is 5.91 Å². The average molecular weight is 600 g/mol. The number of alkyl halides is 3. The lowest BCUT2D eigenvalue weighted by molar-refractivity contribution is -0.274. The first-order valence-corrected chi connectivity index (χ1v) is 13.8. The standard InChI is InChI=1S/C32H33F4N3O4/c1-20(38-29(40)25-17-27(19-37-18-25)42-32(34,35)36)21-5-7-22(8-6-21)28(23-9-11-26(33)12-10-23)24-13-15-39(16-14-24)30(41)43-31(2,3)4/h5-12,17-20H,13-16H2,1-4H3,(H,38,40)/t20-/m1/s1. The zero-order chi connectivity index (χ0) is 31.4. The summed E-state index contributed by atoms with van der Waals surface area (Å²) >= 11 is 0. The fourth-order valence-electron chi connectivity index (χ4n) is 4.76. The Labute approximate surface area is 247 Å². The molecule has 1 N–H and O–H groups in total. The van der Waals surface area contributed by atoms with Gasteiger partial charge < -0.3 is 19.7 Å². The van der Waals surface area contributed by atoms with Crippen LogP contribution in [0.25, 0.3) is 5.57 Å². The minimum absolute atomic E-state index is 0.0775. The van der Waals surface area contributed by atoms with Crippen LogP contribution in [0.2, 0.25) is 0 Å². The molecule has 2 heterocycles. The number of hydrogen-bond acceptors (Lipinski definition) is 5. The third-order valence-corrected chi connectivity index (χ3v) is 6.76. The lowest BCUT2D eigenvalue weighted by Gasteiger charge is -2.32. The van der Waals surface area contributed by atoms with Crippen LogP contribution in [0.5, 0.6) is 5.75 Å². The number of aromatic nitrogens is 1. The Bertz CT molecular complexity index is 1470. The molecular formula is C32H33F4N3O4. The highest BCUT2D eigenvalue weighted by Gasteiger charge is 2.31. The van der Waals surface area contributed by atoms with Gasteiger partial charge >= 0.3 is 12.5 Å². The van der Waals surface area contributed by atoms with Crippen molar-refractivity contribution in [3.05, 3.63) is 101 Å². The van der Waals surface area contributed by atoms with Crippen LogP contribution in [0.15, 0.2) is 72.6 Å². The van der Waals surface area contributed by atoms with E-state index in [0.29, 0.717) is 25.9 Å². The van der Waals surface area contributed by atoms with Crippen molar-refractivity contribution in [2.45, 2.75) is 58.5 Å². The van der Waals surface area contributed by atoms with E-state index in [-0.39, 0.29) is 17.5 Å². The van der Waals surface area contributed by atoms with Crippen LogP contribution in [0.4, 0.5) is 22.4 Å². The summed E-state index contributed by atoms with van der Waals surface area (Å²) in [6.07, 6.45) is -1.99. The van der Waals surface area contributed by atoms with Crippen molar-refractivity contribution < 1.29 is 36.6 Å². The number of rotatable bonds is 6. The van der Waals surface area contributed by atoms with Crippen molar-refractivity contribution in [3.63, 3.8) is 0 Å². The maximum absolute atomic E-state index is 13.8. The number of pyridine rings is 1. The molecule has 0 spiro atoms. The van der Waals surface area contributed by atoms with Crippen LogP contribution in [-0.2, 0) is 4.74 Å². The quantitative estimate of drug-likeness (QED) is 0.298. The zero-order valence-electron chi connectivity index (χ0n) is 24.3. The maximum Gasteiger partial charge on any atom is 0.573 e. The van der Waals surface area contributed by atoms with Crippen LogP contribution in [0.3, 0.4) is 0 Å². The van der Waals surface area contributed by atoms with Crippen molar-refractivity contribution in [1.29, 1.82) is 0 Å². The zero-order valence-corrected chi connectivity index (χ0v) is 24.3. The van der Waals surface area contributed by atoms with E-state index in [1.165, 1.54) is 12.1 Å². The van der Waals surface area contributed by atoms with Crippen LogP contribution < -0.4 is 10.1 Å². The molecule has 228 valence electrons. The van der Waals surface area contributed by atoms with Gasteiger partial charge in [0, 0.05) is 19.3 Å². The summed E-state index contributed by atoms with van der Waals surface area (Å²) in [6, 6.07) is 14.3. The molecule has 1 aromatic heterocycles. The van der Waals surface area contributed by atoms with E-state index in [1.54, 1.807) is 24.0 Å². The molecule has 0 radical (unpaired) electrons. The summed E-state index contributed by atoms with van der Waals surface area (Å²) in [5.74, 6) is -1.54. The summed E-state index contributed by atoms with van der Waals surface area (Å²) in [4.78, 5) is 30.6. The van der Waals surface area contributed by atoms with E-state index in [2.05, 4.69) is 15.0 Å². The van der Waals surface area contributed by atoms with E-state index < -0.39 is 29.7 Å². The number of amides is 2. The number of carbonyl (C=O) groups is 2. The van der Waals surface area contributed by atoms with Gasteiger partial charge in [-0.2, -0.15) is 0 Å². The average Bonchev–Trinajstić information content (AvgIpc) is 2.93. The summed E-state index contributed by atoms with van der Waals surface area (Å²) in [5.41, 5.74) is 3.88. The highest BCUT2D eigenvalue weighted by Crippen LogP contribution is 2.34. The molecule has 1 saturated heterocycles. The van der Waals surface area contributed by atoms with Gasteiger partial charge in [-0.15, -0.1) is 13.2 Å². The molecule has 0 aliphatic carbocycles. The molecular weight excluding hydrogens is 566 g/mol. The van der Waals surface area contributed by atoms with E-state index in [0.717, 1.165) is 46.3 Å². The fourth-order valence-corrected chi connectivity index (χ4v) is 4.76. The topological polar surface area (TPSA) is 80.8 Å². The second-order valence-electron chi connectivity index (χ2n) is 11.2. The normalized spacial score (nSPS) is 14.6. The van der Waals surface area contributed by atoms with Crippen molar-refractivity contribution in [2.75, 3.05) is 13.1 Å². The van der Waals surface area contributed by atoms with E-state index >= 15 is 0 Å². The minimum Gasteiger partial charge on any atom is -0.444 e. The molecule has 3 aromatic rings. The third kappa shape index (κ3) is 8.79. The highest BCUT2D eigenvalue weighted by molar-refractivity contribution is 5.94. The predicted octanol–water partition coefficient (Wildman–Crippen LogP) is 7.44. The number of benzene rings is 2. The highest BCUT2D eigenvalue weighted by atomic mass is 19.4. The molecule has 1 atom stereocenters. The maximum atomic E-state index is 13.8. The van der Waals surface area contributed by atoms with Crippen molar-refractivity contribution in [2.24, 2.45) is 0 Å². The van der Waals surface area contributed by atoms with Gasteiger partial charge in [-0.3, -0.25) is 9.78 Å². The number of halogens is 4. The summed E-state index contributed by atoms with van der Waals surface area (Å²) in [7, 11) is 0. The van der Waals surface area contributed by atoms with Crippen LogP contribution >= 0.6 is 0 Å². The van der Waals surface area contributed by atoms with Crippen molar-refractivity contribution >= 4 is 17.6 Å². The van der Waals surface area contributed by atoms with Crippen molar-refractivity contribution in [3.8, 4) is 5.75 Å². The summed E-state index contributed by atoms with van der Waals surface area (Å²) in [6.45, 7) is 8.20. The number of hydrogen-bond donors (Lipinski definition) is 1. The van der Waals surface area contributed by atoms with Crippen LogP contribution in [-0.4, -0.2) is 46.9 Å². The third-order valence-electron chi connectivity index (χ3n) is 6.76. The molecule has 2 amide bonds. The number of piperidine rings is 1. The van der Waals surface area contributed by atoms with E-state index in [9.17, 15) is 27.2 Å². The van der Waals surface area contributed by atoms with Crippen LogP contribution in [0.1, 0.15) is 73.6 Å². The Balaban J connectivity index is 1.52. The first kappa shape index (κ1) is 31.5. The van der Waals surface area contributed by atoms with Gasteiger partial charge in [0.05, 0.1) is 17.8 Å². The summed E-state index contributed by atoms with van der Waals surface area (Å²) < 4.78 is 60.8. The number of nitrogens with one attached hydrogen (secondary N) is 1. The summed E-state index contributed by atoms with van der Waals surface area (Å²) in [5, 5.41) is 2.77. The molecule has 11 heteroatoms. The molecule has 0 bridgehead atoms. The van der Waals surface area contributed by atoms with Crippen LogP contribution in [0, 0.1) is 5.82 Å². The number of likely N-dealkylation sites (tertiary alicyclic amines) is 1. The fraction of sp³-hybridized carbons (Fsp3) is 0.344. The Morgan fingerprint density at radius 1 is 0.907 bits per heavy atom. The Hall–Kier alpha value is -4.41.